The van der Waals surface area contributed by atoms with E-state index < -0.39 is 6.61 Å². The number of anilines is 1. The Morgan fingerprint density at radius 2 is 1.96 bits per heavy atom. The Morgan fingerprint density at radius 3 is 2.74 bits per heavy atom. The van der Waals surface area contributed by atoms with E-state index in [0.717, 1.165) is 5.56 Å². The third-order valence-corrected chi connectivity index (χ3v) is 3.76. The molecule has 1 heterocycles. The van der Waals surface area contributed by atoms with Crippen LogP contribution < -0.4 is 29.6 Å². The minimum atomic E-state index is -2.97. The molecule has 2 N–H and O–H groups in total. The summed E-state index contributed by atoms with van der Waals surface area (Å²) < 4.78 is 44.8. The monoisotopic (exact) mass is 380 g/mol. The van der Waals surface area contributed by atoms with Crippen LogP contribution in [0.4, 0.5) is 14.5 Å². The molecule has 0 unspecified atom stereocenters. The highest BCUT2D eigenvalue weighted by Gasteiger charge is 2.14. The number of methoxy groups -OCH3 is 1. The molecule has 0 saturated carbocycles. The molecule has 9 heteroatoms. The quantitative estimate of drug-likeness (QED) is 0.733. The van der Waals surface area contributed by atoms with E-state index in [1.165, 1.54) is 19.2 Å². The number of amides is 1. The van der Waals surface area contributed by atoms with E-state index in [-0.39, 0.29) is 30.7 Å². The maximum atomic E-state index is 12.4. The largest absolute Gasteiger partial charge is 0.493 e. The number of alkyl halides is 2. The van der Waals surface area contributed by atoms with E-state index in [9.17, 15) is 13.6 Å². The fourth-order valence-electron chi connectivity index (χ4n) is 2.47. The Bertz CT molecular complexity index is 816. The first kappa shape index (κ1) is 18.6. The Hall–Kier alpha value is -3.23. The van der Waals surface area contributed by atoms with Gasteiger partial charge in [-0.1, -0.05) is 6.07 Å². The fraction of sp³-hybridized carbons (Fsp3) is 0.278. The van der Waals surface area contributed by atoms with Gasteiger partial charge in [-0.15, -0.1) is 0 Å². The van der Waals surface area contributed by atoms with Crippen molar-refractivity contribution in [1.29, 1.82) is 0 Å². The number of halogens is 2. The zero-order valence-corrected chi connectivity index (χ0v) is 14.5. The lowest BCUT2D eigenvalue weighted by atomic mass is 10.2. The normalized spacial score (nSPS) is 12.0. The molecule has 0 aromatic heterocycles. The molecule has 0 atom stereocenters. The highest BCUT2D eigenvalue weighted by atomic mass is 19.3. The second-order valence-electron chi connectivity index (χ2n) is 5.56. The number of rotatable bonds is 8. The number of carbonyl (C=O) groups excluding carboxylic acids is 1. The third-order valence-electron chi connectivity index (χ3n) is 3.76. The van der Waals surface area contributed by atoms with Crippen LogP contribution >= 0.6 is 0 Å². The molecular weight excluding hydrogens is 362 g/mol. The average Bonchev–Trinajstić information content (AvgIpc) is 3.12. The van der Waals surface area contributed by atoms with Crippen LogP contribution in [0.1, 0.15) is 5.56 Å². The Balaban J connectivity index is 1.51. The molecule has 0 saturated heterocycles. The summed E-state index contributed by atoms with van der Waals surface area (Å²) in [6, 6.07) is 9.83. The molecule has 0 bridgehead atoms. The summed E-state index contributed by atoms with van der Waals surface area (Å²) in [5.41, 5.74) is 1.31. The zero-order chi connectivity index (χ0) is 19.2. The van der Waals surface area contributed by atoms with Crippen LogP contribution in [0.15, 0.2) is 36.4 Å². The molecule has 1 aliphatic heterocycles. The molecule has 0 fully saturated rings. The molecule has 7 nitrogen and oxygen atoms in total. The summed E-state index contributed by atoms with van der Waals surface area (Å²) in [7, 11) is 1.35. The summed E-state index contributed by atoms with van der Waals surface area (Å²) in [6.45, 7) is -2.50. The van der Waals surface area contributed by atoms with Gasteiger partial charge in [-0.3, -0.25) is 4.79 Å². The van der Waals surface area contributed by atoms with Crippen LogP contribution in [-0.2, 0) is 11.3 Å². The second-order valence-corrected chi connectivity index (χ2v) is 5.56. The first-order valence-corrected chi connectivity index (χ1v) is 8.07. The second kappa shape index (κ2) is 8.43. The van der Waals surface area contributed by atoms with Crippen molar-refractivity contribution in [1.82, 2.24) is 5.32 Å². The number of hydrogen-bond acceptors (Lipinski definition) is 6. The van der Waals surface area contributed by atoms with Gasteiger partial charge in [0.1, 0.15) is 0 Å². The van der Waals surface area contributed by atoms with Gasteiger partial charge in [-0.05, 0) is 29.8 Å². The van der Waals surface area contributed by atoms with Crippen molar-refractivity contribution < 1.29 is 32.5 Å². The summed E-state index contributed by atoms with van der Waals surface area (Å²) >= 11 is 0. The van der Waals surface area contributed by atoms with Gasteiger partial charge >= 0.3 is 6.61 Å². The van der Waals surface area contributed by atoms with Gasteiger partial charge < -0.3 is 29.6 Å². The molecule has 2 aromatic rings. The molecule has 144 valence electrons. The SMILES string of the molecule is COc1ccc(NCC(=O)NCc2ccc3c(c2)OCO3)cc1OC(F)F. The lowest BCUT2D eigenvalue weighted by molar-refractivity contribution is -0.119. The molecule has 3 rings (SSSR count). The summed E-state index contributed by atoms with van der Waals surface area (Å²) in [6.07, 6.45) is 0. The van der Waals surface area contributed by atoms with Crippen LogP contribution in [-0.4, -0.2) is 33.0 Å². The maximum Gasteiger partial charge on any atom is 0.387 e. The van der Waals surface area contributed by atoms with Crippen LogP contribution in [0.2, 0.25) is 0 Å². The number of carbonyl (C=O) groups is 1. The zero-order valence-electron chi connectivity index (χ0n) is 14.5. The molecule has 1 aliphatic rings. The van der Waals surface area contributed by atoms with Gasteiger partial charge in [-0.2, -0.15) is 8.78 Å². The maximum absolute atomic E-state index is 12.4. The van der Waals surface area contributed by atoms with E-state index in [1.807, 2.05) is 6.07 Å². The number of ether oxygens (including phenoxy) is 4. The van der Waals surface area contributed by atoms with Crippen molar-refractivity contribution in [2.45, 2.75) is 13.2 Å². The number of fused-ring (bicyclic) bond motifs is 1. The number of nitrogens with one attached hydrogen (secondary N) is 2. The highest BCUT2D eigenvalue weighted by Crippen LogP contribution is 2.33. The smallest absolute Gasteiger partial charge is 0.387 e. The molecule has 1 amide bonds. The van der Waals surface area contributed by atoms with Gasteiger partial charge in [0.05, 0.1) is 13.7 Å². The van der Waals surface area contributed by atoms with Crippen LogP contribution in [0.25, 0.3) is 0 Å². The minimum Gasteiger partial charge on any atom is -0.493 e. The number of benzene rings is 2. The highest BCUT2D eigenvalue weighted by molar-refractivity contribution is 5.80. The van der Waals surface area contributed by atoms with Gasteiger partial charge in [0.25, 0.3) is 0 Å². The number of hydrogen-bond donors (Lipinski definition) is 2. The summed E-state index contributed by atoms with van der Waals surface area (Å²) in [4.78, 5) is 12.0. The van der Waals surface area contributed by atoms with Gasteiger partial charge in [0.2, 0.25) is 12.7 Å². The molecule has 0 spiro atoms. The predicted octanol–water partition coefficient (Wildman–Crippen LogP) is 2.75. The lowest BCUT2D eigenvalue weighted by Crippen LogP contribution is -2.29. The lowest BCUT2D eigenvalue weighted by Gasteiger charge is -2.13. The Kier molecular flexibility index (Phi) is 5.80. The average molecular weight is 380 g/mol. The molecule has 27 heavy (non-hydrogen) atoms. The minimum absolute atomic E-state index is 0.0367. The van der Waals surface area contributed by atoms with E-state index >= 15 is 0 Å². The summed E-state index contributed by atoms with van der Waals surface area (Å²) in [5, 5.41) is 5.61. The van der Waals surface area contributed by atoms with E-state index in [0.29, 0.717) is 23.7 Å². The van der Waals surface area contributed by atoms with E-state index in [1.54, 1.807) is 18.2 Å². The standard InChI is InChI=1S/C18H18F2N2O5/c1-24-13-5-3-12(7-16(13)27-18(19)20)21-9-17(23)22-8-11-2-4-14-15(6-11)26-10-25-14/h2-7,18,21H,8-10H2,1H3,(H,22,23). The van der Waals surface area contributed by atoms with Crippen LogP contribution in [0.3, 0.4) is 0 Å². The van der Waals surface area contributed by atoms with E-state index in [4.69, 9.17) is 14.2 Å². The molecule has 2 aromatic carbocycles. The predicted molar refractivity (Wildman–Crippen MR) is 92.5 cm³/mol. The van der Waals surface area contributed by atoms with Crippen molar-refractivity contribution >= 4 is 11.6 Å². The first-order chi connectivity index (χ1) is 13.0. The Labute approximate surface area is 154 Å². The first-order valence-electron chi connectivity index (χ1n) is 8.07. The van der Waals surface area contributed by atoms with Crippen molar-refractivity contribution in [2.75, 3.05) is 25.8 Å². The van der Waals surface area contributed by atoms with Gasteiger partial charge in [0.15, 0.2) is 23.0 Å². The molecular formula is C18H18F2N2O5. The van der Waals surface area contributed by atoms with Gasteiger partial charge in [0, 0.05) is 18.3 Å². The molecule has 0 aliphatic carbocycles. The van der Waals surface area contributed by atoms with Gasteiger partial charge in [-0.25, -0.2) is 0 Å². The van der Waals surface area contributed by atoms with Crippen molar-refractivity contribution in [3.8, 4) is 23.0 Å². The topological polar surface area (TPSA) is 78.1 Å². The third kappa shape index (κ3) is 4.90. The fourth-order valence-corrected chi connectivity index (χ4v) is 2.47. The Morgan fingerprint density at radius 1 is 1.15 bits per heavy atom. The van der Waals surface area contributed by atoms with Crippen molar-refractivity contribution in [2.24, 2.45) is 0 Å². The van der Waals surface area contributed by atoms with Crippen LogP contribution in [0, 0.1) is 0 Å². The van der Waals surface area contributed by atoms with Crippen LogP contribution in [0.5, 0.6) is 23.0 Å². The van der Waals surface area contributed by atoms with E-state index in [2.05, 4.69) is 15.4 Å². The summed E-state index contributed by atoms with van der Waals surface area (Å²) in [5.74, 6) is 1.11. The van der Waals surface area contributed by atoms with Crippen molar-refractivity contribution in [3.63, 3.8) is 0 Å². The molecule has 0 radical (unpaired) electrons. The van der Waals surface area contributed by atoms with Crippen molar-refractivity contribution in [3.05, 3.63) is 42.0 Å².